The molecule has 0 saturated heterocycles. The van der Waals surface area contributed by atoms with Crippen molar-refractivity contribution in [2.75, 3.05) is 0 Å². The molecule has 4 heteroatoms. The summed E-state index contributed by atoms with van der Waals surface area (Å²) in [6.07, 6.45) is -1.04. The number of aliphatic hydroxyl groups excluding tert-OH is 1. The molecule has 0 heterocycles. The number of hydrogen-bond acceptors (Lipinski definition) is 2. The van der Waals surface area contributed by atoms with Crippen molar-refractivity contribution in [2.24, 2.45) is 5.73 Å². The number of benzene rings is 1. The molecule has 0 bridgehead atoms. The topological polar surface area (TPSA) is 63.3 Å². The van der Waals surface area contributed by atoms with E-state index in [9.17, 15) is 9.90 Å². The van der Waals surface area contributed by atoms with Gasteiger partial charge >= 0.3 is 0 Å². The number of hydrogen-bond donors (Lipinski definition) is 2. The van der Waals surface area contributed by atoms with E-state index in [1.54, 1.807) is 24.3 Å². The summed E-state index contributed by atoms with van der Waals surface area (Å²) in [6.45, 7) is 0. The van der Waals surface area contributed by atoms with Gasteiger partial charge in [0.1, 0.15) is 11.5 Å². The van der Waals surface area contributed by atoms with Crippen molar-refractivity contribution in [2.45, 2.75) is 11.5 Å². The van der Waals surface area contributed by atoms with E-state index < -0.39 is 17.4 Å². The summed E-state index contributed by atoms with van der Waals surface area (Å²) in [5.41, 5.74) is 5.53. The summed E-state index contributed by atoms with van der Waals surface area (Å²) in [7, 11) is 0. The molecule has 1 amide bonds. The minimum atomic E-state index is -1.08. The van der Waals surface area contributed by atoms with Gasteiger partial charge in [0.15, 0.2) is 0 Å². The maximum absolute atomic E-state index is 10.6. The molecule has 0 aliphatic carbocycles. The fraction of sp³-hybridized carbons (Fsp3) is 0.222. The van der Waals surface area contributed by atoms with Gasteiger partial charge in [0.05, 0.1) is 0 Å². The zero-order valence-electron chi connectivity index (χ0n) is 6.85. The lowest BCUT2D eigenvalue weighted by Gasteiger charge is -2.13. The van der Waals surface area contributed by atoms with Crippen molar-refractivity contribution in [3.05, 3.63) is 35.9 Å². The SMILES string of the molecule is NC(=O)[C@@H](Cl)[C@H](O)c1ccccc1. The average molecular weight is 200 g/mol. The monoisotopic (exact) mass is 199 g/mol. The van der Waals surface area contributed by atoms with Gasteiger partial charge in [0.25, 0.3) is 0 Å². The maximum Gasteiger partial charge on any atom is 0.238 e. The lowest BCUT2D eigenvalue weighted by molar-refractivity contribution is -0.119. The van der Waals surface area contributed by atoms with Crippen LogP contribution in [0.1, 0.15) is 11.7 Å². The first kappa shape index (κ1) is 10.0. The van der Waals surface area contributed by atoms with Crippen LogP contribution in [-0.2, 0) is 4.79 Å². The highest BCUT2D eigenvalue weighted by Crippen LogP contribution is 2.20. The number of carbonyl (C=O) groups excluding carboxylic acids is 1. The Balaban J connectivity index is 2.79. The van der Waals surface area contributed by atoms with E-state index >= 15 is 0 Å². The number of halogens is 1. The molecule has 1 aromatic rings. The molecule has 0 radical (unpaired) electrons. The number of alkyl halides is 1. The van der Waals surface area contributed by atoms with Crippen LogP contribution in [0.2, 0.25) is 0 Å². The molecule has 1 rings (SSSR count). The second kappa shape index (κ2) is 4.25. The third-order valence-electron chi connectivity index (χ3n) is 1.69. The lowest BCUT2D eigenvalue weighted by atomic mass is 10.1. The van der Waals surface area contributed by atoms with Gasteiger partial charge in [0, 0.05) is 0 Å². The Morgan fingerprint density at radius 3 is 2.38 bits per heavy atom. The van der Waals surface area contributed by atoms with Crippen LogP contribution in [0.5, 0.6) is 0 Å². The van der Waals surface area contributed by atoms with Crippen LogP contribution in [0.25, 0.3) is 0 Å². The Bertz CT molecular complexity index is 289. The van der Waals surface area contributed by atoms with Crippen molar-refractivity contribution in [1.82, 2.24) is 0 Å². The highest BCUT2D eigenvalue weighted by Gasteiger charge is 2.22. The number of carbonyl (C=O) groups is 1. The van der Waals surface area contributed by atoms with Crippen LogP contribution < -0.4 is 5.73 Å². The zero-order chi connectivity index (χ0) is 9.84. The van der Waals surface area contributed by atoms with Crippen LogP contribution in [0.3, 0.4) is 0 Å². The fourth-order valence-corrected chi connectivity index (χ4v) is 1.12. The molecule has 0 unspecified atom stereocenters. The van der Waals surface area contributed by atoms with Crippen LogP contribution in [0.4, 0.5) is 0 Å². The third-order valence-corrected chi connectivity index (χ3v) is 2.14. The van der Waals surface area contributed by atoms with E-state index in [1.165, 1.54) is 0 Å². The van der Waals surface area contributed by atoms with E-state index in [4.69, 9.17) is 17.3 Å². The number of amides is 1. The highest BCUT2D eigenvalue weighted by molar-refractivity contribution is 6.31. The van der Waals surface area contributed by atoms with Gasteiger partial charge in [-0.2, -0.15) is 0 Å². The first-order valence-corrected chi connectivity index (χ1v) is 4.23. The molecule has 0 aliphatic heterocycles. The van der Waals surface area contributed by atoms with Gasteiger partial charge in [-0.3, -0.25) is 4.79 Å². The molecule has 2 atom stereocenters. The zero-order valence-corrected chi connectivity index (χ0v) is 7.61. The van der Waals surface area contributed by atoms with E-state index in [2.05, 4.69) is 0 Å². The van der Waals surface area contributed by atoms with Gasteiger partial charge in [-0.15, -0.1) is 11.6 Å². The first-order chi connectivity index (χ1) is 6.13. The van der Waals surface area contributed by atoms with Crippen LogP contribution in [0, 0.1) is 0 Å². The van der Waals surface area contributed by atoms with Gasteiger partial charge in [0.2, 0.25) is 5.91 Å². The molecule has 1 aromatic carbocycles. The van der Waals surface area contributed by atoms with E-state index in [0.717, 1.165) is 0 Å². The fourth-order valence-electron chi connectivity index (χ4n) is 0.975. The molecule has 3 N–H and O–H groups in total. The molecule has 0 spiro atoms. The number of primary amides is 1. The average Bonchev–Trinajstić information content (AvgIpc) is 2.17. The summed E-state index contributed by atoms with van der Waals surface area (Å²) >= 11 is 5.58. The van der Waals surface area contributed by atoms with E-state index in [0.29, 0.717) is 5.56 Å². The summed E-state index contributed by atoms with van der Waals surface area (Å²) in [4.78, 5) is 10.6. The molecule has 0 aliphatic rings. The van der Waals surface area contributed by atoms with Gasteiger partial charge in [-0.05, 0) is 5.56 Å². The second-order valence-corrected chi connectivity index (χ2v) is 3.13. The Kier molecular flexibility index (Phi) is 3.28. The minimum absolute atomic E-state index is 0.585. The summed E-state index contributed by atoms with van der Waals surface area (Å²) in [5.74, 6) is -0.724. The molecular weight excluding hydrogens is 190 g/mol. The van der Waals surface area contributed by atoms with Crippen molar-refractivity contribution < 1.29 is 9.90 Å². The molecule has 3 nitrogen and oxygen atoms in total. The Morgan fingerprint density at radius 1 is 1.38 bits per heavy atom. The summed E-state index contributed by atoms with van der Waals surface area (Å²) in [6, 6.07) is 8.68. The molecule has 70 valence electrons. The van der Waals surface area contributed by atoms with Crippen molar-refractivity contribution in [3.63, 3.8) is 0 Å². The number of rotatable bonds is 3. The smallest absolute Gasteiger partial charge is 0.238 e. The maximum atomic E-state index is 10.6. The highest BCUT2D eigenvalue weighted by atomic mass is 35.5. The predicted molar refractivity (Wildman–Crippen MR) is 50.2 cm³/mol. The minimum Gasteiger partial charge on any atom is -0.386 e. The lowest BCUT2D eigenvalue weighted by Crippen LogP contribution is -2.29. The molecular formula is C9H10ClNO2. The first-order valence-electron chi connectivity index (χ1n) is 3.79. The van der Waals surface area contributed by atoms with Crippen molar-refractivity contribution >= 4 is 17.5 Å². The number of nitrogens with two attached hydrogens (primary N) is 1. The molecule has 13 heavy (non-hydrogen) atoms. The van der Waals surface area contributed by atoms with Crippen LogP contribution in [0.15, 0.2) is 30.3 Å². The Hall–Kier alpha value is -1.06. The molecule has 0 fully saturated rings. The van der Waals surface area contributed by atoms with E-state index in [1.807, 2.05) is 6.07 Å². The van der Waals surface area contributed by atoms with Gasteiger partial charge in [-0.1, -0.05) is 30.3 Å². The summed E-state index contributed by atoms with van der Waals surface area (Å²) in [5, 5.41) is 8.45. The largest absolute Gasteiger partial charge is 0.386 e. The quantitative estimate of drug-likeness (QED) is 0.708. The Labute approximate surface area is 81.1 Å². The van der Waals surface area contributed by atoms with Crippen molar-refractivity contribution in [1.29, 1.82) is 0 Å². The van der Waals surface area contributed by atoms with Gasteiger partial charge < -0.3 is 10.8 Å². The number of aliphatic hydroxyl groups is 1. The van der Waals surface area contributed by atoms with Crippen LogP contribution >= 0.6 is 11.6 Å². The molecule has 0 aromatic heterocycles. The molecule has 0 saturated carbocycles. The van der Waals surface area contributed by atoms with Gasteiger partial charge in [-0.25, -0.2) is 0 Å². The second-order valence-electron chi connectivity index (χ2n) is 2.66. The standard InChI is InChI=1S/C9H10ClNO2/c10-7(9(11)13)8(12)6-4-2-1-3-5-6/h1-5,7-8,12H,(H2,11,13)/t7-,8+/m0/s1. The van der Waals surface area contributed by atoms with Crippen LogP contribution in [-0.4, -0.2) is 16.4 Å². The summed E-state index contributed by atoms with van der Waals surface area (Å²) < 4.78 is 0. The Morgan fingerprint density at radius 2 is 1.92 bits per heavy atom. The normalized spacial score (nSPS) is 14.9. The van der Waals surface area contributed by atoms with E-state index in [-0.39, 0.29) is 0 Å². The van der Waals surface area contributed by atoms with Crippen molar-refractivity contribution in [3.8, 4) is 0 Å². The predicted octanol–water partition coefficient (Wildman–Crippen LogP) is 0.813. The third kappa shape index (κ3) is 2.44.